The van der Waals surface area contributed by atoms with Gasteiger partial charge >= 0.3 is 0 Å². The number of hydrogen-bond donors (Lipinski definition) is 3. The predicted octanol–water partition coefficient (Wildman–Crippen LogP) is 0.851. The molecule has 9 nitrogen and oxygen atoms in total. The van der Waals surface area contributed by atoms with Crippen LogP contribution in [0.4, 0.5) is 0 Å². The van der Waals surface area contributed by atoms with Crippen molar-refractivity contribution in [2.45, 2.75) is 48.1 Å². The first kappa shape index (κ1) is 26.1. The molecular formula is C22H35N5O4. The van der Waals surface area contributed by atoms with E-state index in [9.17, 15) is 19.2 Å². The minimum Gasteiger partial charge on any atom is -0.353 e. The van der Waals surface area contributed by atoms with Gasteiger partial charge in [-0.05, 0) is 12.1 Å². The molecular weight excluding hydrogens is 398 g/mol. The molecule has 4 amide bonds. The van der Waals surface area contributed by atoms with Crippen LogP contribution >= 0.6 is 0 Å². The zero-order valence-corrected chi connectivity index (χ0v) is 19.4. The summed E-state index contributed by atoms with van der Waals surface area (Å²) in [5, 5.41) is 7.92. The van der Waals surface area contributed by atoms with Gasteiger partial charge in [-0.15, -0.1) is 0 Å². The third kappa shape index (κ3) is 10.1. The Bertz CT molecular complexity index is 766. The number of nitrogens with zero attached hydrogens (tertiary/aromatic N) is 2. The van der Waals surface area contributed by atoms with Crippen LogP contribution in [0, 0.1) is 10.8 Å². The van der Waals surface area contributed by atoms with Crippen molar-refractivity contribution in [1.82, 2.24) is 25.8 Å². The summed E-state index contributed by atoms with van der Waals surface area (Å²) in [7, 11) is 0. The summed E-state index contributed by atoms with van der Waals surface area (Å²) in [6, 6.07) is 5.41. The third-order valence-electron chi connectivity index (χ3n) is 4.31. The minimum atomic E-state index is -0.600. The van der Waals surface area contributed by atoms with Crippen molar-refractivity contribution in [2.75, 3.05) is 26.2 Å². The summed E-state index contributed by atoms with van der Waals surface area (Å²) < 4.78 is 0. The molecule has 31 heavy (non-hydrogen) atoms. The second-order valence-corrected chi connectivity index (χ2v) is 9.35. The Kier molecular flexibility index (Phi) is 9.61. The SMILES string of the molecule is CC(C)(C)C(=O)NCC(=O)NCCN(Cc1ccccn1)C(=O)CNC(=O)C(C)(C)C. The van der Waals surface area contributed by atoms with Crippen molar-refractivity contribution < 1.29 is 19.2 Å². The predicted molar refractivity (Wildman–Crippen MR) is 118 cm³/mol. The average Bonchev–Trinajstić information content (AvgIpc) is 2.68. The van der Waals surface area contributed by atoms with Crippen molar-refractivity contribution in [3.05, 3.63) is 30.1 Å². The summed E-state index contributed by atoms with van der Waals surface area (Å²) in [5.74, 6) is -1.06. The lowest BCUT2D eigenvalue weighted by Gasteiger charge is -2.24. The van der Waals surface area contributed by atoms with Crippen LogP contribution in [0.1, 0.15) is 47.2 Å². The zero-order valence-electron chi connectivity index (χ0n) is 19.4. The molecule has 3 N–H and O–H groups in total. The van der Waals surface area contributed by atoms with Crippen molar-refractivity contribution in [3.63, 3.8) is 0 Å². The second-order valence-electron chi connectivity index (χ2n) is 9.35. The number of amides is 4. The van der Waals surface area contributed by atoms with E-state index in [1.807, 2.05) is 6.07 Å². The van der Waals surface area contributed by atoms with Crippen LogP contribution in [0.5, 0.6) is 0 Å². The van der Waals surface area contributed by atoms with Gasteiger partial charge in [-0.1, -0.05) is 47.6 Å². The fraction of sp³-hybridized carbons (Fsp3) is 0.591. The maximum atomic E-state index is 12.7. The Morgan fingerprint density at radius 3 is 1.97 bits per heavy atom. The van der Waals surface area contributed by atoms with Gasteiger partial charge in [0.15, 0.2) is 0 Å². The molecule has 0 aliphatic rings. The van der Waals surface area contributed by atoms with Crippen LogP contribution in [-0.2, 0) is 25.7 Å². The quantitative estimate of drug-likeness (QED) is 0.533. The zero-order chi connectivity index (χ0) is 23.7. The van der Waals surface area contributed by atoms with Crippen LogP contribution in [0.2, 0.25) is 0 Å². The molecule has 0 unspecified atom stereocenters. The number of pyridine rings is 1. The molecule has 0 saturated carbocycles. The highest BCUT2D eigenvalue weighted by Crippen LogP contribution is 2.12. The molecule has 0 aliphatic carbocycles. The first-order valence-corrected chi connectivity index (χ1v) is 10.3. The van der Waals surface area contributed by atoms with E-state index in [1.165, 1.54) is 4.90 Å². The molecule has 0 bridgehead atoms. The number of rotatable bonds is 9. The van der Waals surface area contributed by atoms with Gasteiger partial charge in [-0.3, -0.25) is 24.2 Å². The molecule has 0 atom stereocenters. The van der Waals surface area contributed by atoms with E-state index in [1.54, 1.807) is 59.9 Å². The number of carbonyl (C=O) groups excluding carboxylic acids is 4. The molecule has 172 valence electrons. The summed E-state index contributed by atoms with van der Waals surface area (Å²) in [5.41, 5.74) is -0.483. The first-order valence-electron chi connectivity index (χ1n) is 10.3. The topological polar surface area (TPSA) is 120 Å². The maximum absolute atomic E-state index is 12.7. The van der Waals surface area contributed by atoms with E-state index in [0.29, 0.717) is 5.69 Å². The highest BCUT2D eigenvalue weighted by Gasteiger charge is 2.23. The molecule has 0 saturated heterocycles. The van der Waals surface area contributed by atoms with Crippen molar-refractivity contribution >= 4 is 23.6 Å². The number of nitrogens with one attached hydrogen (secondary N) is 3. The fourth-order valence-corrected chi connectivity index (χ4v) is 2.33. The summed E-state index contributed by atoms with van der Waals surface area (Å²) in [6.45, 7) is 11.0. The Morgan fingerprint density at radius 2 is 1.45 bits per heavy atom. The number of hydrogen-bond acceptors (Lipinski definition) is 5. The maximum Gasteiger partial charge on any atom is 0.242 e. The molecule has 1 heterocycles. The number of aromatic nitrogens is 1. The molecule has 1 rings (SSSR count). The van der Waals surface area contributed by atoms with E-state index in [-0.39, 0.29) is 56.4 Å². The van der Waals surface area contributed by atoms with Gasteiger partial charge in [-0.25, -0.2) is 0 Å². The molecule has 0 spiro atoms. The number of carbonyl (C=O) groups is 4. The Balaban J connectivity index is 2.62. The summed E-state index contributed by atoms with van der Waals surface area (Å²) >= 11 is 0. The summed E-state index contributed by atoms with van der Waals surface area (Å²) in [4.78, 5) is 54.4. The van der Waals surface area contributed by atoms with Crippen molar-refractivity contribution in [3.8, 4) is 0 Å². The van der Waals surface area contributed by atoms with Crippen molar-refractivity contribution in [2.24, 2.45) is 10.8 Å². The lowest BCUT2D eigenvalue weighted by atomic mass is 9.96. The molecule has 0 aromatic carbocycles. The van der Waals surface area contributed by atoms with E-state index in [2.05, 4.69) is 20.9 Å². The second kappa shape index (κ2) is 11.4. The fourth-order valence-electron chi connectivity index (χ4n) is 2.33. The molecule has 0 radical (unpaired) electrons. The minimum absolute atomic E-state index is 0.133. The van der Waals surface area contributed by atoms with Gasteiger partial charge in [0.25, 0.3) is 0 Å². The van der Waals surface area contributed by atoms with Crippen LogP contribution in [0.25, 0.3) is 0 Å². The molecule has 0 aliphatic heterocycles. The van der Waals surface area contributed by atoms with Gasteiger partial charge < -0.3 is 20.9 Å². The molecule has 1 aromatic heterocycles. The lowest BCUT2D eigenvalue weighted by molar-refractivity contribution is -0.135. The van der Waals surface area contributed by atoms with Gasteiger partial charge in [0, 0.05) is 30.1 Å². The van der Waals surface area contributed by atoms with E-state index in [0.717, 1.165) is 0 Å². The highest BCUT2D eigenvalue weighted by molar-refractivity contribution is 5.88. The normalized spacial score (nSPS) is 11.4. The largest absolute Gasteiger partial charge is 0.353 e. The van der Waals surface area contributed by atoms with E-state index >= 15 is 0 Å². The summed E-state index contributed by atoms with van der Waals surface area (Å²) in [6.07, 6.45) is 1.64. The van der Waals surface area contributed by atoms with Crippen LogP contribution in [0.3, 0.4) is 0 Å². The van der Waals surface area contributed by atoms with Crippen LogP contribution in [-0.4, -0.2) is 59.7 Å². The van der Waals surface area contributed by atoms with Crippen molar-refractivity contribution in [1.29, 1.82) is 0 Å². The molecule has 0 fully saturated rings. The Labute approximate surface area is 184 Å². The first-order chi connectivity index (χ1) is 14.3. The van der Waals surface area contributed by atoms with Gasteiger partial charge in [0.05, 0.1) is 25.3 Å². The Hall–Kier alpha value is -2.97. The van der Waals surface area contributed by atoms with Crippen LogP contribution < -0.4 is 16.0 Å². The molecule has 9 heteroatoms. The van der Waals surface area contributed by atoms with Gasteiger partial charge in [-0.2, -0.15) is 0 Å². The highest BCUT2D eigenvalue weighted by atomic mass is 16.2. The average molecular weight is 434 g/mol. The van der Waals surface area contributed by atoms with E-state index in [4.69, 9.17) is 0 Å². The van der Waals surface area contributed by atoms with Crippen LogP contribution in [0.15, 0.2) is 24.4 Å². The van der Waals surface area contributed by atoms with Gasteiger partial charge in [0.2, 0.25) is 23.6 Å². The van der Waals surface area contributed by atoms with E-state index < -0.39 is 10.8 Å². The molecule has 1 aromatic rings. The Morgan fingerprint density at radius 1 is 0.871 bits per heavy atom. The monoisotopic (exact) mass is 433 g/mol. The van der Waals surface area contributed by atoms with Gasteiger partial charge in [0.1, 0.15) is 0 Å². The standard InChI is InChI=1S/C22H35N5O4/c1-21(2,3)19(30)25-13-17(28)24-11-12-27(15-16-9-7-8-10-23-16)18(29)14-26-20(31)22(4,5)6/h7-10H,11-15H2,1-6H3,(H,24,28)(H,25,30)(H,26,31). The third-order valence-corrected chi connectivity index (χ3v) is 4.31. The smallest absolute Gasteiger partial charge is 0.242 e. The lowest BCUT2D eigenvalue weighted by Crippen LogP contribution is -2.46.